The summed E-state index contributed by atoms with van der Waals surface area (Å²) in [4.78, 5) is 38.7. The van der Waals surface area contributed by atoms with E-state index in [1.165, 1.54) is 12.1 Å². The molecule has 3 N–H and O–H groups in total. The monoisotopic (exact) mass is 463 g/mol. The summed E-state index contributed by atoms with van der Waals surface area (Å²) in [5.41, 5.74) is 1.43. The van der Waals surface area contributed by atoms with Gasteiger partial charge in [-0.3, -0.25) is 14.4 Å². The second-order valence-corrected chi connectivity index (χ2v) is 9.23. The lowest BCUT2D eigenvalue weighted by Gasteiger charge is -2.22. The second-order valence-electron chi connectivity index (χ2n) is 8.82. The summed E-state index contributed by atoms with van der Waals surface area (Å²) in [5.74, 6) is -2.54. The molecule has 0 radical (unpaired) electrons. The Morgan fingerprint density at radius 1 is 1.25 bits per heavy atom. The normalized spacial score (nSPS) is 13.4. The molecule has 32 heavy (non-hydrogen) atoms. The number of ketones is 1. The van der Waals surface area contributed by atoms with E-state index in [9.17, 15) is 23.9 Å². The number of anilines is 1. The van der Waals surface area contributed by atoms with E-state index in [1.54, 1.807) is 25.3 Å². The Hall–Kier alpha value is -2.71. The predicted molar refractivity (Wildman–Crippen MR) is 120 cm³/mol. The molecule has 172 valence electrons. The van der Waals surface area contributed by atoms with Crippen molar-refractivity contribution >= 4 is 34.9 Å². The summed E-state index contributed by atoms with van der Waals surface area (Å²) in [6.07, 6.45) is 2.28. The zero-order valence-corrected chi connectivity index (χ0v) is 19.1. The first-order chi connectivity index (χ1) is 15.1. The molecule has 0 unspecified atom stereocenters. The third kappa shape index (κ3) is 4.86. The molecule has 1 aromatic carbocycles. The molecule has 0 aliphatic carbocycles. The molecule has 0 saturated heterocycles. The summed E-state index contributed by atoms with van der Waals surface area (Å²) >= 11 is 5.81. The maximum atomic E-state index is 13.4. The molecule has 2 aromatic rings. The van der Waals surface area contributed by atoms with E-state index < -0.39 is 28.8 Å². The van der Waals surface area contributed by atoms with Crippen LogP contribution in [0.25, 0.3) is 0 Å². The van der Waals surface area contributed by atoms with E-state index in [0.717, 1.165) is 18.9 Å². The summed E-state index contributed by atoms with van der Waals surface area (Å²) < 4.78 is 15.2. The molecule has 2 heterocycles. The van der Waals surface area contributed by atoms with Crippen molar-refractivity contribution in [3.8, 4) is 0 Å². The minimum Gasteiger partial charge on any atom is -0.396 e. The van der Waals surface area contributed by atoms with E-state index in [1.807, 2.05) is 0 Å². The van der Waals surface area contributed by atoms with Gasteiger partial charge in [0.05, 0.1) is 16.3 Å². The third-order valence-corrected chi connectivity index (χ3v) is 5.93. The SMILES string of the molecule is Cc1c(C(=O)Nc2ccc(F)c(Cl)c2)c2n(c1C(=O)C(=O)NCC(C)(C)CO)CCCC2. The van der Waals surface area contributed by atoms with Crippen molar-refractivity contribution in [3.63, 3.8) is 0 Å². The van der Waals surface area contributed by atoms with E-state index >= 15 is 0 Å². The summed E-state index contributed by atoms with van der Waals surface area (Å²) in [6, 6.07) is 3.88. The fourth-order valence-corrected chi connectivity index (χ4v) is 3.98. The van der Waals surface area contributed by atoms with E-state index in [4.69, 9.17) is 11.6 Å². The largest absolute Gasteiger partial charge is 0.396 e. The van der Waals surface area contributed by atoms with Gasteiger partial charge < -0.3 is 20.3 Å². The van der Waals surface area contributed by atoms with Gasteiger partial charge in [0.1, 0.15) is 5.82 Å². The number of amides is 2. The number of aliphatic hydroxyl groups is 1. The zero-order chi connectivity index (χ0) is 23.6. The number of halogens is 2. The minimum absolute atomic E-state index is 0.114. The molecule has 1 aromatic heterocycles. The molecular weight excluding hydrogens is 437 g/mol. The fourth-order valence-electron chi connectivity index (χ4n) is 3.80. The Morgan fingerprint density at radius 3 is 2.62 bits per heavy atom. The van der Waals surface area contributed by atoms with Gasteiger partial charge in [-0.25, -0.2) is 4.39 Å². The van der Waals surface area contributed by atoms with Crippen LogP contribution in [0.2, 0.25) is 5.02 Å². The quantitative estimate of drug-likeness (QED) is 0.432. The Kier molecular flexibility index (Phi) is 7.05. The highest BCUT2D eigenvalue weighted by atomic mass is 35.5. The van der Waals surface area contributed by atoms with Crippen LogP contribution >= 0.6 is 11.6 Å². The molecule has 0 spiro atoms. The molecule has 0 fully saturated rings. The van der Waals surface area contributed by atoms with Crippen LogP contribution < -0.4 is 10.6 Å². The molecule has 2 amide bonds. The van der Waals surface area contributed by atoms with Gasteiger partial charge in [0.15, 0.2) is 0 Å². The van der Waals surface area contributed by atoms with Crippen LogP contribution in [0.3, 0.4) is 0 Å². The number of aliphatic hydroxyl groups excluding tert-OH is 1. The molecule has 0 atom stereocenters. The van der Waals surface area contributed by atoms with Crippen LogP contribution in [0.5, 0.6) is 0 Å². The van der Waals surface area contributed by atoms with Crippen molar-refractivity contribution in [2.75, 3.05) is 18.5 Å². The first-order valence-corrected chi connectivity index (χ1v) is 10.9. The van der Waals surface area contributed by atoms with Gasteiger partial charge in [-0.05, 0) is 49.9 Å². The first-order valence-electron chi connectivity index (χ1n) is 10.5. The Morgan fingerprint density at radius 2 is 1.97 bits per heavy atom. The number of fused-ring (bicyclic) bond motifs is 1. The zero-order valence-electron chi connectivity index (χ0n) is 18.3. The van der Waals surface area contributed by atoms with Gasteiger partial charge in [-0.2, -0.15) is 0 Å². The number of hydrogen-bond donors (Lipinski definition) is 3. The molecule has 1 aliphatic heterocycles. The molecule has 7 nitrogen and oxygen atoms in total. The van der Waals surface area contributed by atoms with Crippen LogP contribution in [-0.4, -0.2) is 40.4 Å². The Bertz CT molecular complexity index is 1080. The van der Waals surface area contributed by atoms with E-state index in [0.29, 0.717) is 35.5 Å². The van der Waals surface area contributed by atoms with Gasteiger partial charge in [0, 0.05) is 36.5 Å². The number of nitrogens with one attached hydrogen (secondary N) is 2. The van der Waals surface area contributed by atoms with Gasteiger partial charge in [-0.1, -0.05) is 25.4 Å². The summed E-state index contributed by atoms with van der Waals surface area (Å²) in [5, 5.41) is 14.5. The predicted octanol–water partition coefficient (Wildman–Crippen LogP) is 3.50. The maximum Gasteiger partial charge on any atom is 0.294 e. The number of nitrogens with zero attached hydrogens (tertiary/aromatic N) is 1. The lowest BCUT2D eigenvalue weighted by Crippen LogP contribution is -2.40. The van der Waals surface area contributed by atoms with Crippen LogP contribution in [-0.2, 0) is 17.8 Å². The van der Waals surface area contributed by atoms with Crippen LogP contribution in [0.15, 0.2) is 18.2 Å². The summed E-state index contributed by atoms with van der Waals surface area (Å²) in [6.45, 7) is 5.72. The van der Waals surface area contributed by atoms with Crippen molar-refractivity contribution in [2.24, 2.45) is 5.41 Å². The minimum atomic E-state index is -0.780. The fraction of sp³-hybridized carbons (Fsp3) is 0.435. The molecular formula is C23H27ClFN3O4. The highest BCUT2D eigenvalue weighted by Gasteiger charge is 2.32. The average molecular weight is 464 g/mol. The number of carbonyl (C=O) groups excluding carboxylic acids is 3. The van der Waals surface area contributed by atoms with Crippen LogP contribution in [0.1, 0.15) is 58.8 Å². The Balaban J connectivity index is 1.92. The van der Waals surface area contributed by atoms with Gasteiger partial charge in [0.2, 0.25) is 0 Å². The number of aromatic nitrogens is 1. The first kappa shape index (κ1) is 23.9. The van der Waals surface area contributed by atoms with Crippen molar-refractivity contribution < 1.29 is 23.9 Å². The number of Topliss-reactive ketones (excluding diaryl/α,β-unsaturated/α-hetero) is 1. The summed E-state index contributed by atoms with van der Waals surface area (Å²) in [7, 11) is 0. The van der Waals surface area contributed by atoms with Crippen molar-refractivity contribution in [2.45, 2.75) is 46.6 Å². The van der Waals surface area contributed by atoms with E-state index in [-0.39, 0.29) is 23.9 Å². The van der Waals surface area contributed by atoms with Gasteiger partial charge >= 0.3 is 0 Å². The van der Waals surface area contributed by atoms with Crippen LogP contribution in [0.4, 0.5) is 10.1 Å². The molecule has 0 saturated carbocycles. The highest BCUT2D eigenvalue weighted by Crippen LogP contribution is 2.30. The lowest BCUT2D eigenvalue weighted by atomic mass is 9.95. The smallest absolute Gasteiger partial charge is 0.294 e. The molecule has 9 heteroatoms. The highest BCUT2D eigenvalue weighted by molar-refractivity contribution is 6.43. The topological polar surface area (TPSA) is 100 Å². The Labute approximate surface area is 190 Å². The lowest BCUT2D eigenvalue weighted by molar-refractivity contribution is -0.117. The van der Waals surface area contributed by atoms with Gasteiger partial charge in [-0.15, -0.1) is 0 Å². The number of rotatable bonds is 7. The van der Waals surface area contributed by atoms with E-state index in [2.05, 4.69) is 10.6 Å². The van der Waals surface area contributed by atoms with Crippen molar-refractivity contribution in [3.05, 3.63) is 51.6 Å². The second kappa shape index (κ2) is 9.42. The maximum absolute atomic E-state index is 13.4. The number of hydrogen-bond acceptors (Lipinski definition) is 4. The third-order valence-electron chi connectivity index (χ3n) is 5.64. The molecule has 0 bridgehead atoms. The molecule has 3 rings (SSSR count). The number of carbonyl (C=O) groups is 3. The van der Waals surface area contributed by atoms with Gasteiger partial charge in [0.25, 0.3) is 17.6 Å². The van der Waals surface area contributed by atoms with Crippen LogP contribution in [0, 0.1) is 18.2 Å². The van der Waals surface area contributed by atoms with Crippen molar-refractivity contribution in [1.82, 2.24) is 9.88 Å². The van der Waals surface area contributed by atoms with Crippen molar-refractivity contribution in [1.29, 1.82) is 0 Å². The average Bonchev–Trinajstić information content (AvgIpc) is 3.06. The number of benzene rings is 1. The molecule has 1 aliphatic rings. The standard InChI is InChI=1S/C23H27ClFN3O4/c1-13-18(21(31)27-14-7-8-16(25)15(24)10-14)17-6-4-5-9-28(17)19(13)20(30)22(32)26-11-23(2,3)12-29/h7-8,10,29H,4-6,9,11-12H2,1-3H3,(H,26,32)(H,27,31).